The summed E-state index contributed by atoms with van der Waals surface area (Å²) in [6.07, 6.45) is 6.82. The maximum absolute atomic E-state index is 5.92. The van der Waals surface area contributed by atoms with Crippen LogP contribution in [0.25, 0.3) is 0 Å². The third-order valence-corrected chi connectivity index (χ3v) is 6.24. The zero-order valence-electron chi connectivity index (χ0n) is 13.5. The molecule has 2 saturated heterocycles. The van der Waals surface area contributed by atoms with Crippen LogP contribution in [0.3, 0.4) is 0 Å². The van der Waals surface area contributed by atoms with Crippen LogP contribution in [0, 0.1) is 0 Å². The van der Waals surface area contributed by atoms with Gasteiger partial charge in [0.1, 0.15) is 0 Å². The van der Waals surface area contributed by atoms with E-state index < -0.39 is 0 Å². The van der Waals surface area contributed by atoms with Crippen molar-refractivity contribution in [3.05, 3.63) is 34.3 Å². The van der Waals surface area contributed by atoms with Crippen molar-refractivity contribution in [1.29, 1.82) is 0 Å². The van der Waals surface area contributed by atoms with Gasteiger partial charge in [0, 0.05) is 23.5 Å². The molecule has 124 valence electrons. The Morgan fingerprint density at radius 2 is 2.17 bits per heavy atom. The predicted octanol–water partition coefficient (Wildman–Crippen LogP) is 2.97. The molecule has 2 aliphatic heterocycles. The Bertz CT molecular complexity index is 614. The summed E-state index contributed by atoms with van der Waals surface area (Å²) in [5.74, 6) is 0.907. The van der Waals surface area contributed by atoms with E-state index in [1.165, 1.54) is 35.7 Å². The average molecular weight is 378 g/mol. The number of hydrogen-bond donors (Lipinski definition) is 2. The number of fused-ring (bicyclic) bond motifs is 2. The minimum atomic E-state index is 0.253. The van der Waals surface area contributed by atoms with E-state index in [9.17, 15) is 0 Å². The number of ether oxygens (including phenoxy) is 1. The predicted molar refractivity (Wildman–Crippen MR) is 95.9 cm³/mol. The van der Waals surface area contributed by atoms with Crippen molar-refractivity contribution < 1.29 is 4.74 Å². The SMILES string of the molecule is CN=C(NCC1(c2ccccc2Br)CC1)NC1CC2CCC1O2. The van der Waals surface area contributed by atoms with Gasteiger partial charge >= 0.3 is 0 Å². The van der Waals surface area contributed by atoms with E-state index in [4.69, 9.17) is 4.74 Å². The smallest absolute Gasteiger partial charge is 0.191 e. The third-order valence-electron chi connectivity index (χ3n) is 5.54. The van der Waals surface area contributed by atoms with Crippen LogP contribution in [0.5, 0.6) is 0 Å². The molecule has 1 aliphatic carbocycles. The second-order valence-electron chi connectivity index (χ2n) is 7.05. The van der Waals surface area contributed by atoms with Gasteiger partial charge < -0.3 is 15.4 Å². The molecule has 0 spiro atoms. The Morgan fingerprint density at radius 3 is 2.78 bits per heavy atom. The Balaban J connectivity index is 1.37. The number of aliphatic imine (C=N–C) groups is 1. The summed E-state index contributed by atoms with van der Waals surface area (Å²) in [4.78, 5) is 4.41. The summed E-state index contributed by atoms with van der Waals surface area (Å²) >= 11 is 3.70. The summed E-state index contributed by atoms with van der Waals surface area (Å²) in [6.45, 7) is 0.928. The van der Waals surface area contributed by atoms with Crippen LogP contribution in [0.2, 0.25) is 0 Å². The minimum Gasteiger partial charge on any atom is -0.373 e. The van der Waals surface area contributed by atoms with Crippen LogP contribution in [0.4, 0.5) is 0 Å². The highest BCUT2D eigenvalue weighted by Crippen LogP contribution is 2.49. The van der Waals surface area contributed by atoms with Crippen LogP contribution in [0.15, 0.2) is 33.7 Å². The molecular formula is C18H24BrN3O. The molecule has 4 nitrogen and oxygen atoms in total. The topological polar surface area (TPSA) is 45.7 Å². The molecule has 0 radical (unpaired) electrons. The molecule has 0 amide bonds. The van der Waals surface area contributed by atoms with E-state index >= 15 is 0 Å². The molecule has 2 heterocycles. The highest BCUT2D eigenvalue weighted by molar-refractivity contribution is 9.10. The normalized spacial score (nSPS) is 31.2. The maximum Gasteiger partial charge on any atom is 0.191 e. The lowest BCUT2D eigenvalue weighted by molar-refractivity contribution is 0.0992. The molecule has 0 aromatic heterocycles. The van der Waals surface area contributed by atoms with Gasteiger partial charge in [-0.25, -0.2) is 0 Å². The minimum absolute atomic E-state index is 0.253. The lowest BCUT2D eigenvalue weighted by atomic mass is 9.95. The molecule has 3 unspecified atom stereocenters. The van der Waals surface area contributed by atoms with Crippen molar-refractivity contribution in [2.45, 2.75) is 55.8 Å². The van der Waals surface area contributed by atoms with Crippen LogP contribution in [0.1, 0.15) is 37.7 Å². The maximum atomic E-state index is 5.92. The monoisotopic (exact) mass is 377 g/mol. The molecule has 2 N–H and O–H groups in total. The van der Waals surface area contributed by atoms with Crippen molar-refractivity contribution >= 4 is 21.9 Å². The highest BCUT2D eigenvalue weighted by Gasteiger charge is 2.46. The molecule has 4 rings (SSSR count). The number of nitrogens with one attached hydrogen (secondary N) is 2. The van der Waals surface area contributed by atoms with Gasteiger partial charge in [0.2, 0.25) is 0 Å². The van der Waals surface area contributed by atoms with Crippen molar-refractivity contribution in [2.75, 3.05) is 13.6 Å². The van der Waals surface area contributed by atoms with Crippen LogP contribution in [-0.4, -0.2) is 37.8 Å². The van der Waals surface area contributed by atoms with Gasteiger partial charge in [-0.3, -0.25) is 4.99 Å². The van der Waals surface area contributed by atoms with E-state index in [0.29, 0.717) is 18.2 Å². The highest BCUT2D eigenvalue weighted by atomic mass is 79.9. The van der Waals surface area contributed by atoms with Crippen molar-refractivity contribution in [3.63, 3.8) is 0 Å². The van der Waals surface area contributed by atoms with Crippen molar-refractivity contribution in [1.82, 2.24) is 10.6 Å². The van der Waals surface area contributed by atoms with Crippen molar-refractivity contribution in [3.8, 4) is 0 Å². The lowest BCUT2D eigenvalue weighted by Gasteiger charge is -2.25. The second-order valence-corrected chi connectivity index (χ2v) is 7.90. The first-order valence-electron chi connectivity index (χ1n) is 8.58. The summed E-state index contributed by atoms with van der Waals surface area (Å²) in [7, 11) is 1.85. The van der Waals surface area contributed by atoms with E-state index in [1.54, 1.807) is 0 Å². The molecule has 5 heteroatoms. The summed E-state index contributed by atoms with van der Waals surface area (Å²) in [6, 6.07) is 8.99. The van der Waals surface area contributed by atoms with E-state index in [2.05, 4.69) is 55.8 Å². The average Bonchev–Trinajstić information content (AvgIpc) is 3.05. The van der Waals surface area contributed by atoms with Gasteiger partial charge in [-0.2, -0.15) is 0 Å². The molecule has 1 saturated carbocycles. The molecule has 1 aromatic rings. The summed E-state index contributed by atoms with van der Waals surface area (Å²) in [5.41, 5.74) is 1.66. The first-order valence-corrected chi connectivity index (χ1v) is 9.37. The van der Waals surface area contributed by atoms with Crippen LogP contribution in [-0.2, 0) is 10.2 Å². The Morgan fingerprint density at radius 1 is 1.35 bits per heavy atom. The first kappa shape index (κ1) is 15.5. The molecule has 1 aromatic carbocycles. The number of guanidine groups is 1. The van der Waals surface area contributed by atoms with E-state index in [1.807, 2.05) is 7.05 Å². The van der Waals surface area contributed by atoms with Gasteiger partial charge in [0.05, 0.1) is 18.2 Å². The largest absolute Gasteiger partial charge is 0.373 e. The molecule has 23 heavy (non-hydrogen) atoms. The Labute approximate surface area is 146 Å². The number of benzene rings is 1. The van der Waals surface area contributed by atoms with Gasteiger partial charge in [0.15, 0.2) is 5.96 Å². The number of halogens is 1. The fourth-order valence-electron chi connectivity index (χ4n) is 4.00. The van der Waals surface area contributed by atoms with Crippen LogP contribution >= 0.6 is 15.9 Å². The number of rotatable bonds is 4. The second kappa shape index (κ2) is 6.10. The van der Waals surface area contributed by atoms with Gasteiger partial charge in [-0.05, 0) is 43.7 Å². The molecule has 2 bridgehead atoms. The first-order chi connectivity index (χ1) is 11.2. The quantitative estimate of drug-likeness (QED) is 0.626. The number of nitrogens with zero attached hydrogens (tertiary/aromatic N) is 1. The summed E-state index contributed by atoms with van der Waals surface area (Å²) in [5, 5.41) is 7.11. The Kier molecular flexibility index (Phi) is 4.10. The van der Waals surface area contributed by atoms with Gasteiger partial charge in [0.25, 0.3) is 0 Å². The van der Waals surface area contributed by atoms with E-state index in [-0.39, 0.29) is 5.41 Å². The zero-order chi connectivity index (χ0) is 15.9. The summed E-state index contributed by atoms with van der Waals surface area (Å²) < 4.78 is 7.13. The molecule has 3 fully saturated rings. The zero-order valence-corrected chi connectivity index (χ0v) is 15.1. The fraction of sp³-hybridized carbons (Fsp3) is 0.611. The Hall–Kier alpha value is -1.07. The number of hydrogen-bond acceptors (Lipinski definition) is 2. The standard InChI is InChI=1S/C18H24BrN3O/c1-20-17(22-15-10-12-6-7-16(15)23-12)21-11-18(8-9-18)13-4-2-3-5-14(13)19/h2-5,12,15-16H,6-11H2,1H3,(H2,20,21,22). The van der Waals surface area contributed by atoms with Gasteiger partial charge in [-0.1, -0.05) is 34.1 Å². The van der Waals surface area contributed by atoms with Crippen LogP contribution < -0.4 is 10.6 Å². The lowest BCUT2D eigenvalue weighted by Crippen LogP contribution is -2.49. The third kappa shape index (κ3) is 3.01. The molecular weight excluding hydrogens is 354 g/mol. The van der Waals surface area contributed by atoms with E-state index in [0.717, 1.165) is 18.9 Å². The van der Waals surface area contributed by atoms with Crippen molar-refractivity contribution in [2.24, 2.45) is 4.99 Å². The fourth-order valence-corrected chi connectivity index (χ4v) is 4.70. The molecule has 3 aliphatic rings. The van der Waals surface area contributed by atoms with Gasteiger partial charge in [-0.15, -0.1) is 0 Å². The molecule has 3 atom stereocenters.